The van der Waals surface area contributed by atoms with Crippen molar-refractivity contribution in [3.63, 3.8) is 0 Å². The minimum absolute atomic E-state index is 0.0673. The van der Waals surface area contributed by atoms with Gasteiger partial charge < -0.3 is 10.4 Å². The highest BCUT2D eigenvalue weighted by molar-refractivity contribution is 5.23. The molecule has 0 heterocycles. The summed E-state index contributed by atoms with van der Waals surface area (Å²) in [5.41, 5.74) is 1.08. The molecule has 1 aliphatic rings. The first-order valence-corrected chi connectivity index (χ1v) is 6.41. The van der Waals surface area contributed by atoms with Crippen molar-refractivity contribution in [3.8, 4) is 0 Å². The van der Waals surface area contributed by atoms with Gasteiger partial charge in [0, 0.05) is 12.1 Å². The van der Waals surface area contributed by atoms with Gasteiger partial charge in [-0.1, -0.05) is 24.3 Å². The zero-order valence-corrected chi connectivity index (χ0v) is 10.3. The van der Waals surface area contributed by atoms with E-state index in [1.807, 2.05) is 0 Å². The Kier molecular flexibility index (Phi) is 4.66. The summed E-state index contributed by atoms with van der Waals surface area (Å²) in [5, 5.41) is 12.7. The molecule has 100 valence electrons. The van der Waals surface area contributed by atoms with Crippen LogP contribution >= 0.6 is 0 Å². The van der Waals surface area contributed by atoms with Crippen LogP contribution in [-0.2, 0) is 6.54 Å². The Balaban J connectivity index is 1.73. The minimum Gasteiger partial charge on any atom is -0.393 e. The van der Waals surface area contributed by atoms with E-state index in [0.717, 1.165) is 31.4 Å². The third-order valence-electron chi connectivity index (χ3n) is 3.51. The standard InChI is InChI=1S/C14H19F2NO/c15-14(16)12-4-1-10(2-5-12)8-17-9-11-3-6-13(18)7-11/h1-2,4-5,11,13-14,17-18H,3,6-9H2. The van der Waals surface area contributed by atoms with Gasteiger partial charge >= 0.3 is 0 Å². The van der Waals surface area contributed by atoms with Crippen molar-refractivity contribution in [2.24, 2.45) is 5.92 Å². The molecule has 0 aliphatic heterocycles. The first-order chi connectivity index (χ1) is 8.65. The van der Waals surface area contributed by atoms with Crippen LogP contribution in [0, 0.1) is 5.92 Å². The van der Waals surface area contributed by atoms with E-state index < -0.39 is 6.43 Å². The Hall–Kier alpha value is -1.00. The van der Waals surface area contributed by atoms with Gasteiger partial charge in [0.25, 0.3) is 6.43 Å². The number of nitrogens with one attached hydrogen (secondary N) is 1. The molecule has 0 radical (unpaired) electrons. The van der Waals surface area contributed by atoms with E-state index in [-0.39, 0.29) is 11.7 Å². The molecule has 18 heavy (non-hydrogen) atoms. The second-order valence-corrected chi connectivity index (χ2v) is 5.01. The van der Waals surface area contributed by atoms with Gasteiger partial charge in [0.2, 0.25) is 0 Å². The van der Waals surface area contributed by atoms with Crippen molar-refractivity contribution in [1.29, 1.82) is 0 Å². The summed E-state index contributed by atoms with van der Waals surface area (Å²) in [6, 6.07) is 6.41. The molecule has 2 N–H and O–H groups in total. The van der Waals surface area contributed by atoms with Crippen molar-refractivity contribution in [2.75, 3.05) is 6.54 Å². The molecule has 1 saturated carbocycles. The molecule has 0 aromatic heterocycles. The minimum atomic E-state index is -2.40. The van der Waals surface area contributed by atoms with E-state index in [0.29, 0.717) is 12.5 Å². The van der Waals surface area contributed by atoms with Crippen LogP contribution in [0.5, 0.6) is 0 Å². The number of aliphatic hydroxyl groups is 1. The molecule has 0 saturated heterocycles. The van der Waals surface area contributed by atoms with Gasteiger partial charge in [-0.25, -0.2) is 8.78 Å². The van der Waals surface area contributed by atoms with Crippen molar-refractivity contribution in [2.45, 2.75) is 38.3 Å². The van der Waals surface area contributed by atoms with Crippen LogP contribution in [0.1, 0.15) is 36.8 Å². The highest BCUT2D eigenvalue weighted by Gasteiger charge is 2.21. The van der Waals surface area contributed by atoms with E-state index in [2.05, 4.69) is 5.32 Å². The van der Waals surface area contributed by atoms with Crippen molar-refractivity contribution in [3.05, 3.63) is 35.4 Å². The van der Waals surface area contributed by atoms with Gasteiger partial charge in [-0.3, -0.25) is 0 Å². The lowest BCUT2D eigenvalue weighted by molar-refractivity contribution is 0.151. The molecule has 0 bridgehead atoms. The number of hydrogen-bond acceptors (Lipinski definition) is 2. The van der Waals surface area contributed by atoms with E-state index in [9.17, 15) is 13.9 Å². The Morgan fingerprint density at radius 1 is 1.22 bits per heavy atom. The lowest BCUT2D eigenvalue weighted by Crippen LogP contribution is -2.21. The van der Waals surface area contributed by atoms with Crippen LogP contribution in [0.4, 0.5) is 8.78 Å². The Morgan fingerprint density at radius 3 is 2.50 bits per heavy atom. The van der Waals surface area contributed by atoms with Crippen LogP contribution in [0.3, 0.4) is 0 Å². The first-order valence-electron chi connectivity index (χ1n) is 6.41. The molecule has 2 rings (SSSR count). The fourth-order valence-corrected chi connectivity index (χ4v) is 2.44. The maximum atomic E-state index is 12.4. The van der Waals surface area contributed by atoms with Crippen LogP contribution < -0.4 is 5.32 Å². The Labute approximate surface area is 106 Å². The molecule has 4 heteroatoms. The van der Waals surface area contributed by atoms with Gasteiger partial charge in [0.1, 0.15) is 0 Å². The predicted octanol–water partition coefficient (Wildman–Crippen LogP) is 2.87. The summed E-state index contributed by atoms with van der Waals surface area (Å²) in [4.78, 5) is 0. The van der Waals surface area contributed by atoms with Gasteiger partial charge in [-0.2, -0.15) is 0 Å². The lowest BCUT2D eigenvalue weighted by atomic mass is 10.1. The van der Waals surface area contributed by atoms with E-state index in [1.165, 1.54) is 12.1 Å². The van der Waals surface area contributed by atoms with E-state index in [4.69, 9.17) is 0 Å². The smallest absolute Gasteiger partial charge is 0.263 e. The normalized spacial score (nSPS) is 23.8. The zero-order valence-electron chi connectivity index (χ0n) is 10.3. The SMILES string of the molecule is OC1CCC(CNCc2ccc(C(F)F)cc2)C1. The van der Waals surface area contributed by atoms with Crippen molar-refractivity contribution in [1.82, 2.24) is 5.32 Å². The molecule has 2 nitrogen and oxygen atoms in total. The zero-order chi connectivity index (χ0) is 13.0. The molecule has 0 spiro atoms. The van der Waals surface area contributed by atoms with Gasteiger partial charge in [0.05, 0.1) is 6.10 Å². The van der Waals surface area contributed by atoms with Gasteiger partial charge in [-0.15, -0.1) is 0 Å². The highest BCUT2D eigenvalue weighted by atomic mass is 19.3. The average Bonchev–Trinajstić information content (AvgIpc) is 2.76. The van der Waals surface area contributed by atoms with Crippen LogP contribution in [0.25, 0.3) is 0 Å². The first kappa shape index (κ1) is 13.4. The largest absolute Gasteiger partial charge is 0.393 e. The van der Waals surface area contributed by atoms with Crippen LogP contribution in [0.2, 0.25) is 0 Å². The molecule has 2 atom stereocenters. The highest BCUT2D eigenvalue weighted by Crippen LogP contribution is 2.24. The topological polar surface area (TPSA) is 32.3 Å². The number of rotatable bonds is 5. The van der Waals surface area contributed by atoms with E-state index >= 15 is 0 Å². The molecule has 2 unspecified atom stereocenters. The molecular weight excluding hydrogens is 236 g/mol. The summed E-state index contributed by atoms with van der Waals surface area (Å²) >= 11 is 0. The average molecular weight is 255 g/mol. The fourth-order valence-electron chi connectivity index (χ4n) is 2.44. The maximum Gasteiger partial charge on any atom is 0.263 e. The molecule has 0 amide bonds. The number of aliphatic hydroxyl groups excluding tert-OH is 1. The van der Waals surface area contributed by atoms with E-state index in [1.54, 1.807) is 12.1 Å². The quantitative estimate of drug-likeness (QED) is 0.848. The lowest BCUT2D eigenvalue weighted by Gasteiger charge is -2.11. The predicted molar refractivity (Wildman–Crippen MR) is 66.5 cm³/mol. The maximum absolute atomic E-state index is 12.4. The number of halogens is 2. The monoisotopic (exact) mass is 255 g/mol. The number of hydrogen-bond donors (Lipinski definition) is 2. The van der Waals surface area contributed by atoms with Crippen LogP contribution in [0.15, 0.2) is 24.3 Å². The van der Waals surface area contributed by atoms with Gasteiger partial charge in [-0.05, 0) is 37.3 Å². The fraction of sp³-hybridized carbons (Fsp3) is 0.571. The molecule has 1 fully saturated rings. The second-order valence-electron chi connectivity index (χ2n) is 5.01. The molecule has 1 aromatic carbocycles. The van der Waals surface area contributed by atoms with Crippen molar-refractivity contribution < 1.29 is 13.9 Å². The second kappa shape index (κ2) is 6.25. The molecular formula is C14H19F2NO. The van der Waals surface area contributed by atoms with Gasteiger partial charge in [0.15, 0.2) is 0 Å². The summed E-state index contributed by atoms with van der Waals surface area (Å²) in [6.45, 7) is 1.57. The number of benzene rings is 1. The summed E-state index contributed by atoms with van der Waals surface area (Å²) in [7, 11) is 0. The van der Waals surface area contributed by atoms with Crippen molar-refractivity contribution >= 4 is 0 Å². The summed E-state index contributed by atoms with van der Waals surface area (Å²) in [5.74, 6) is 0.542. The third kappa shape index (κ3) is 3.75. The Morgan fingerprint density at radius 2 is 1.94 bits per heavy atom. The molecule has 1 aromatic rings. The summed E-state index contributed by atoms with van der Waals surface area (Å²) in [6.07, 6.45) is 0.305. The third-order valence-corrected chi connectivity index (χ3v) is 3.51. The van der Waals surface area contributed by atoms with Crippen LogP contribution in [-0.4, -0.2) is 17.8 Å². The molecule has 1 aliphatic carbocycles. The Bertz CT molecular complexity index is 367. The number of alkyl halides is 2. The summed E-state index contributed by atoms with van der Waals surface area (Å²) < 4.78 is 24.7.